The highest BCUT2D eigenvalue weighted by Crippen LogP contribution is 2.09. The molecule has 0 saturated heterocycles. The number of urea groups is 1. The van der Waals surface area contributed by atoms with Crippen LogP contribution in [0.1, 0.15) is 0 Å². The summed E-state index contributed by atoms with van der Waals surface area (Å²) >= 11 is 0. The van der Waals surface area contributed by atoms with Gasteiger partial charge in [0.15, 0.2) is 0 Å². The van der Waals surface area contributed by atoms with Gasteiger partial charge in [0.2, 0.25) is 0 Å². The molecule has 0 spiro atoms. The summed E-state index contributed by atoms with van der Waals surface area (Å²) in [6.07, 6.45) is -4.81. The number of carbonyl (C=O) groups excluding carboxylic acids is 1. The van der Waals surface area contributed by atoms with Crippen LogP contribution in [0.3, 0.4) is 0 Å². The molecule has 0 radical (unpaired) electrons. The van der Waals surface area contributed by atoms with Gasteiger partial charge >= 0.3 is 12.3 Å². The summed E-state index contributed by atoms with van der Waals surface area (Å²) in [6, 6.07) is -1.39. The first-order valence-electron chi connectivity index (χ1n) is 3.76. The van der Waals surface area contributed by atoms with Crippen LogP contribution in [-0.4, -0.2) is 53.7 Å². The molecule has 84 valence electrons. The molecule has 0 aromatic heterocycles. The fourth-order valence-corrected chi connectivity index (χ4v) is 0.757. The van der Waals surface area contributed by atoms with E-state index < -0.39 is 25.5 Å². The van der Waals surface area contributed by atoms with Gasteiger partial charge in [0.25, 0.3) is 0 Å². The number of hydrogen-bond acceptors (Lipinski definition) is 3. The van der Waals surface area contributed by atoms with Crippen molar-refractivity contribution in [3.05, 3.63) is 0 Å². The Morgan fingerprint density at radius 2 is 1.64 bits per heavy atom. The van der Waals surface area contributed by atoms with Crippen LogP contribution >= 0.6 is 0 Å². The maximum Gasteiger partial charge on any atom is 0.485 e. The maximum absolute atomic E-state index is 11.7. The second kappa shape index (κ2) is 5.66. The van der Waals surface area contributed by atoms with E-state index in [9.17, 15) is 18.0 Å². The largest absolute Gasteiger partial charge is 0.485 e. The molecule has 5 nitrogen and oxygen atoms in total. The van der Waals surface area contributed by atoms with Crippen molar-refractivity contribution < 1.29 is 28.2 Å². The predicted molar refractivity (Wildman–Crippen MR) is 40.3 cm³/mol. The lowest BCUT2D eigenvalue weighted by Gasteiger charge is -2.21. The Balaban J connectivity index is 4.14. The molecule has 0 atom stereocenters. The standard InChI is InChI=1S/C6H11F3N2O3/c7-6(8,9)10-5(14)11(1-3-12)2-4-13/h12-13H,1-4H2,(H,10,14). The Hall–Kier alpha value is -1.02. The lowest BCUT2D eigenvalue weighted by molar-refractivity contribution is -0.147. The molecule has 0 saturated carbocycles. The van der Waals surface area contributed by atoms with E-state index in [1.807, 2.05) is 0 Å². The molecular weight excluding hydrogens is 205 g/mol. The number of alkyl halides is 3. The van der Waals surface area contributed by atoms with Gasteiger partial charge in [-0.15, -0.1) is 0 Å². The molecule has 0 aromatic carbocycles. The van der Waals surface area contributed by atoms with Crippen molar-refractivity contribution >= 4 is 6.03 Å². The van der Waals surface area contributed by atoms with Crippen molar-refractivity contribution in [2.24, 2.45) is 0 Å². The van der Waals surface area contributed by atoms with Crippen LogP contribution in [0.2, 0.25) is 0 Å². The second-order valence-corrected chi connectivity index (χ2v) is 2.36. The lowest BCUT2D eigenvalue weighted by Crippen LogP contribution is -2.48. The summed E-state index contributed by atoms with van der Waals surface area (Å²) in [5.74, 6) is 0. The molecule has 0 heterocycles. The van der Waals surface area contributed by atoms with E-state index in [0.717, 1.165) is 5.32 Å². The minimum Gasteiger partial charge on any atom is -0.395 e. The molecule has 0 bridgehead atoms. The van der Waals surface area contributed by atoms with Crippen molar-refractivity contribution in [2.45, 2.75) is 6.30 Å². The third-order valence-corrected chi connectivity index (χ3v) is 1.28. The fraction of sp³-hybridized carbons (Fsp3) is 0.833. The smallest absolute Gasteiger partial charge is 0.395 e. The van der Waals surface area contributed by atoms with Crippen LogP contribution < -0.4 is 5.32 Å². The zero-order chi connectivity index (χ0) is 11.2. The average Bonchev–Trinajstić information content (AvgIpc) is 2.01. The van der Waals surface area contributed by atoms with Crippen molar-refractivity contribution in [1.82, 2.24) is 10.2 Å². The lowest BCUT2D eigenvalue weighted by atomic mass is 10.5. The molecule has 3 N–H and O–H groups in total. The van der Waals surface area contributed by atoms with Gasteiger partial charge in [-0.05, 0) is 0 Å². The first-order chi connectivity index (χ1) is 6.40. The molecule has 2 amide bonds. The monoisotopic (exact) mass is 216 g/mol. The molecule has 0 aliphatic heterocycles. The van der Waals surface area contributed by atoms with E-state index in [2.05, 4.69) is 0 Å². The van der Waals surface area contributed by atoms with E-state index in [1.165, 1.54) is 0 Å². The highest BCUT2D eigenvalue weighted by molar-refractivity contribution is 5.74. The van der Waals surface area contributed by atoms with Gasteiger partial charge in [-0.3, -0.25) is 0 Å². The normalized spacial score (nSPS) is 11.2. The first kappa shape index (κ1) is 13.0. The van der Waals surface area contributed by atoms with Crippen molar-refractivity contribution in [1.29, 1.82) is 0 Å². The van der Waals surface area contributed by atoms with E-state index in [1.54, 1.807) is 0 Å². The number of rotatable bonds is 4. The molecule has 0 fully saturated rings. The number of hydrogen-bond donors (Lipinski definition) is 3. The van der Waals surface area contributed by atoms with Crippen LogP contribution in [0.15, 0.2) is 0 Å². The third kappa shape index (κ3) is 5.60. The number of amides is 2. The topological polar surface area (TPSA) is 72.8 Å². The van der Waals surface area contributed by atoms with Gasteiger partial charge < -0.3 is 15.1 Å². The Morgan fingerprint density at radius 1 is 1.21 bits per heavy atom. The SMILES string of the molecule is O=C(NC(F)(F)F)N(CCO)CCO. The van der Waals surface area contributed by atoms with Crippen molar-refractivity contribution in [2.75, 3.05) is 26.3 Å². The van der Waals surface area contributed by atoms with Gasteiger partial charge in [-0.25, -0.2) is 10.1 Å². The van der Waals surface area contributed by atoms with E-state index in [0.29, 0.717) is 4.90 Å². The number of aliphatic hydroxyl groups excluding tert-OH is 2. The van der Waals surface area contributed by atoms with Crippen LogP contribution in [-0.2, 0) is 0 Å². The molecule has 0 rings (SSSR count). The van der Waals surface area contributed by atoms with Gasteiger partial charge in [0.1, 0.15) is 0 Å². The predicted octanol–water partition coefficient (Wildman–Crippen LogP) is -0.498. The van der Waals surface area contributed by atoms with E-state index in [4.69, 9.17) is 10.2 Å². The van der Waals surface area contributed by atoms with Crippen molar-refractivity contribution in [3.63, 3.8) is 0 Å². The highest BCUT2D eigenvalue weighted by Gasteiger charge is 2.31. The summed E-state index contributed by atoms with van der Waals surface area (Å²) < 4.78 is 35.0. The molecule has 8 heteroatoms. The van der Waals surface area contributed by atoms with Gasteiger partial charge in [-0.2, -0.15) is 13.2 Å². The highest BCUT2D eigenvalue weighted by atomic mass is 19.4. The zero-order valence-electron chi connectivity index (χ0n) is 7.21. The molecule has 0 aliphatic carbocycles. The second-order valence-electron chi connectivity index (χ2n) is 2.36. The fourth-order valence-electron chi connectivity index (χ4n) is 0.757. The summed E-state index contributed by atoms with van der Waals surface area (Å²) in [4.78, 5) is 11.5. The number of halogens is 3. The molecule has 14 heavy (non-hydrogen) atoms. The van der Waals surface area contributed by atoms with Crippen LogP contribution in [0.4, 0.5) is 18.0 Å². The summed E-state index contributed by atoms with van der Waals surface area (Å²) in [7, 11) is 0. The molecule has 0 aliphatic rings. The van der Waals surface area contributed by atoms with E-state index >= 15 is 0 Å². The Labute approximate surface area is 78.1 Å². The van der Waals surface area contributed by atoms with Crippen LogP contribution in [0.5, 0.6) is 0 Å². The van der Waals surface area contributed by atoms with Crippen LogP contribution in [0, 0.1) is 0 Å². The quantitative estimate of drug-likeness (QED) is 0.555. The molecular formula is C6H11F3N2O3. The minimum absolute atomic E-state index is 0.261. The third-order valence-electron chi connectivity index (χ3n) is 1.28. The zero-order valence-corrected chi connectivity index (χ0v) is 7.21. The number of nitrogens with one attached hydrogen (secondary N) is 1. The molecule has 0 aromatic rings. The van der Waals surface area contributed by atoms with Gasteiger partial charge in [0.05, 0.1) is 13.2 Å². The Kier molecular flexibility index (Phi) is 5.24. The molecule has 0 unspecified atom stereocenters. The van der Waals surface area contributed by atoms with E-state index in [-0.39, 0.29) is 13.1 Å². The van der Waals surface area contributed by atoms with Crippen molar-refractivity contribution in [3.8, 4) is 0 Å². The van der Waals surface area contributed by atoms with Crippen LogP contribution in [0.25, 0.3) is 0 Å². The summed E-state index contributed by atoms with van der Waals surface area (Å²) in [5, 5.41) is 17.6. The number of nitrogens with zero attached hydrogens (tertiary/aromatic N) is 1. The minimum atomic E-state index is -4.81. The summed E-state index contributed by atoms with van der Waals surface area (Å²) in [5.41, 5.74) is 0. The average molecular weight is 216 g/mol. The summed E-state index contributed by atoms with van der Waals surface area (Å²) in [6.45, 7) is -1.46. The maximum atomic E-state index is 11.7. The first-order valence-corrected chi connectivity index (χ1v) is 3.76. The van der Waals surface area contributed by atoms with Gasteiger partial charge in [0, 0.05) is 13.1 Å². The number of carbonyl (C=O) groups is 1. The number of aliphatic hydroxyl groups is 2. The Morgan fingerprint density at radius 3 is 1.93 bits per heavy atom. The Bertz CT molecular complexity index is 180. The van der Waals surface area contributed by atoms with Gasteiger partial charge in [-0.1, -0.05) is 0 Å².